The predicted molar refractivity (Wildman–Crippen MR) is 128 cm³/mol. The van der Waals surface area contributed by atoms with Crippen LogP contribution in [0.5, 0.6) is 11.5 Å². The zero-order chi connectivity index (χ0) is 23.4. The van der Waals surface area contributed by atoms with Crippen molar-refractivity contribution in [1.29, 1.82) is 5.41 Å². The van der Waals surface area contributed by atoms with Crippen LogP contribution in [0.3, 0.4) is 0 Å². The van der Waals surface area contributed by atoms with E-state index in [1.54, 1.807) is 41.9 Å². The molecule has 0 radical (unpaired) electrons. The maximum absolute atomic E-state index is 12.9. The number of hydrogen-bond donors (Lipinski definition) is 1. The quantitative estimate of drug-likeness (QED) is 0.258. The van der Waals surface area contributed by atoms with Gasteiger partial charge in [0.25, 0.3) is 5.69 Å². The van der Waals surface area contributed by atoms with Gasteiger partial charge in [-0.3, -0.25) is 20.3 Å². The van der Waals surface area contributed by atoms with Crippen LogP contribution in [0, 0.1) is 15.5 Å². The molecular weight excluding hydrogens is 462 g/mol. The van der Waals surface area contributed by atoms with Crippen molar-refractivity contribution in [1.82, 2.24) is 4.98 Å². The van der Waals surface area contributed by atoms with Gasteiger partial charge in [0.2, 0.25) is 0 Å². The smallest absolute Gasteiger partial charge is 0.269 e. The Hall–Kier alpha value is -3.50. The molecule has 2 heterocycles. The van der Waals surface area contributed by atoms with Crippen molar-refractivity contribution < 1.29 is 19.2 Å². The minimum Gasteiger partial charge on any atom is -0.490 e. The summed E-state index contributed by atoms with van der Waals surface area (Å²) in [6.07, 6.45) is 3.38. The number of Topliss-reactive ketones (excluding diaryl/α,β-unsaturated/α-hetero) is 1. The van der Waals surface area contributed by atoms with E-state index in [-0.39, 0.29) is 23.1 Å². The Labute approximate surface area is 197 Å². The SMILES string of the molecule is CCOc1cc(/C=C2\SC(=N)[C@@H](c3nccs3)C2=O)ccc1OCc1ccc([N+](=O)[O-])cc1. The maximum Gasteiger partial charge on any atom is 0.269 e. The number of benzene rings is 2. The first kappa shape index (κ1) is 22.7. The summed E-state index contributed by atoms with van der Waals surface area (Å²) in [5.41, 5.74) is 1.56. The van der Waals surface area contributed by atoms with E-state index in [2.05, 4.69) is 4.98 Å². The maximum atomic E-state index is 12.9. The number of nitrogens with one attached hydrogen (secondary N) is 1. The summed E-state index contributed by atoms with van der Waals surface area (Å²) in [5.74, 6) is 0.292. The fraction of sp³-hybridized carbons (Fsp3) is 0.174. The molecule has 4 rings (SSSR count). The predicted octanol–water partition coefficient (Wildman–Crippen LogP) is 5.45. The average Bonchev–Trinajstić information content (AvgIpc) is 3.41. The molecule has 168 valence electrons. The Balaban J connectivity index is 1.51. The molecule has 10 heteroatoms. The largest absolute Gasteiger partial charge is 0.490 e. The van der Waals surface area contributed by atoms with E-state index in [9.17, 15) is 14.9 Å². The molecule has 3 aromatic rings. The molecule has 1 aliphatic heterocycles. The molecule has 1 aliphatic rings. The van der Waals surface area contributed by atoms with Crippen molar-refractivity contribution in [3.8, 4) is 11.5 Å². The third-order valence-corrected chi connectivity index (χ3v) is 6.63. The topological polar surface area (TPSA) is 115 Å². The second-order valence-corrected chi connectivity index (χ2v) is 9.00. The average molecular weight is 482 g/mol. The van der Waals surface area contributed by atoms with Crippen LogP contribution in [0.15, 0.2) is 58.9 Å². The van der Waals surface area contributed by atoms with Crippen LogP contribution in [0.1, 0.15) is 29.0 Å². The number of carbonyl (C=O) groups excluding carboxylic acids is 1. The number of carbonyl (C=O) groups is 1. The number of hydrogen-bond acceptors (Lipinski definition) is 9. The molecule has 1 saturated heterocycles. The highest BCUT2D eigenvalue weighted by Crippen LogP contribution is 2.41. The van der Waals surface area contributed by atoms with E-state index in [1.165, 1.54) is 23.5 Å². The second-order valence-electron chi connectivity index (χ2n) is 6.99. The molecule has 0 amide bonds. The number of nitrogens with zero attached hydrogens (tertiary/aromatic N) is 2. The van der Waals surface area contributed by atoms with Crippen LogP contribution in [0.2, 0.25) is 0 Å². The van der Waals surface area contributed by atoms with E-state index in [0.29, 0.717) is 28.0 Å². The van der Waals surface area contributed by atoms with Gasteiger partial charge in [-0.05, 0) is 48.4 Å². The fourth-order valence-electron chi connectivity index (χ4n) is 3.22. The summed E-state index contributed by atoms with van der Waals surface area (Å²) >= 11 is 2.52. The lowest BCUT2D eigenvalue weighted by molar-refractivity contribution is -0.384. The molecule has 0 saturated carbocycles. The van der Waals surface area contributed by atoms with Gasteiger partial charge in [-0.2, -0.15) is 0 Å². The molecule has 0 unspecified atom stereocenters. The summed E-state index contributed by atoms with van der Waals surface area (Å²) in [5, 5.41) is 21.7. The first-order valence-corrected chi connectivity index (χ1v) is 11.7. The van der Waals surface area contributed by atoms with Gasteiger partial charge < -0.3 is 9.47 Å². The number of ether oxygens (including phenoxy) is 2. The minimum absolute atomic E-state index is 0.0238. The fourth-order valence-corrected chi connectivity index (χ4v) is 5.02. The van der Waals surface area contributed by atoms with E-state index in [4.69, 9.17) is 14.9 Å². The third kappa shape index (κ3) is 5.12. The number of thiazole rings is 1. The summed E-state index contributed by atoms with van der Waals surface area (Å²) < 4.78 is 11.6. The zero-order valence-corrected chi connectivity index (χ0v) is 19.2. The first-order valence-electron chi connectivity index (χ1n) is 10.0. The van der Waals surface area contributed by atoms with Crippen molar-refractivity contribution in [2.45, 2.75) is 19.4 Å². The molecule has 0 spiro atoms. The number of allylic oxidation sites excluding steroid dienone is 1. The summed E-state index contributed by atoms with van der Waals surface area (Å²) in [6.45, 7) is 2.51. The molecule has 0 bridgehead atoms. The molecule has 0 aliphatic carbocycles. The van der Waals surface area contributed by atoms with Crippen molar-refractivity contribution in [3.63, 3.8) is 0 Å². The third-order valence-electron chi connectivity index (χ3n) is 4.79. The van der Waals surface area contributed by atoms with Crippen molar-refractivity contribution in [3.05, 3.63) is 85.2 Å². The number of thioether (sulfide) groups is 1. The number of aromatic nitrogens is 1. The molecule has 1 fully saturated rings. The van der Waals surface area contributed by atoms with Gasteiger partial charge in [-0.25, -0.2) is 4.98 Å². The van der Waals surface area contributed by atoms with Crippen LogP contribution >= 0.6 is 23.1 Å². The number of non-ortho nitro benzene ring substituents is 1. The Morgan fingerprint density at radius 1 is 1.18 bits per heavy atom. The first-order chi connectivity index (χ1) is 16.0. The lowest BCUT2D eigenvalue weighted by Gasteiger charge is -2.13. The van der Waals surface area contributed by atoms with Gasteiger partial charge in [0.1, 0.15) is 17.5 Å². The normalized spacial score (nSPS) is 16.9. The monoisotopic (exact) mass is 481 g/mol. The molecule has 1 aromatic heterocycles. The molecule has 8 nitrogen and oxygen atoms in total. The van der Waals surface area contributed by atoms with Crippen LogP contribution in [0.4, 0.5) is 5.69 Å². The highest BCUT2D eigenvalue weighted by molar-refractivity contribution is 8.19. The van der Waals surface area contributed by atoms with E-state index >= 15 is 0 Å². The van der Waals surface area contributed by atoms with Crippen molar-refractivity contribution in [2.75, 3.05) is 6.61 Å². The van der Waals surface area contributed by atoms with Gasteiger partial charge in [-0.1, -0.05) is 17.8 Å². The Kier molecular flexibility index (Phi) is 6.85. The minimum atomic E-state index is -0.628. The van der Waals surface area contributed by atoms with Crippen LogP contribution in [-0.4, -0.2) is 27.3 Å². The molecule has 2 aromatic carbocycles. The van der Waals surface area contributed by atoms with E-state index in [0.717, 1.165) is 22.9 Å². The van der Waals surface area contributed by atoms with Crippen LogP contribution in [0.25, 0.3) is 6.08 Å². The lowest BCUT2D eigenvalue weighted by Crippen LogP contribution is -2.11. The summed E-state index contributed by atoms with van der Waals surface area (Å²) in [6, 6.07) is 11.5. The van der Waals surface area contributed by atoms with Gasteiger partial charge in [-0.15, -0.1) is 11.3 Å². The molecule has 1 atom stereocenters. The van der Waals surface area contributed by atoms with Crippen molar-refractivity contribution >= 4 is 45.7 Å². The number of nitro groups is 1. The Morgan fingerprint density at radius 2 is 1.97 bits per heavy atom. The summed E-state index contributed by atoms with van der Waals surface area (Å²) in [4.78, 5) is 27.9. The number of rotatable bonds is 8. The highest BCUT2D eigenvalue weighted by atomic mass is 32.2. The second kappa shape index (κ2) is 9.97. The van der Waals surface area contributed by atoms with Crippen molar-refractivity contribution in [2.24, 2.45) is 0 Å². The van der Waals surface area contributed by atoms with Crippen LogP contribution < -0.4 is 9.47 Å². The lowest BCUT2D eigenvalue weighted by atomic mass is 10.0. The van der Waals surface area contributed by atoms with E-state index < -0.39 is 10.8 Å². The van der Waals surface area contributed by atoms with Gasteiger partial charge >= 0.3 is 0 Å². The molecule has 33 heavy (non-hydrogen) atoms. The highest BCUT2D eigenvalue weighted by Gasteiger charge is 2.38. The van der Waals surface area contributed by atoms with Gasteiger partial charge in [0, 0.05) is 23.7 Å². The molecule has 1 N–H and O–H groups in total. The van der Waals surface area contributed by atoms with E-state index in [1.807, 2.05) is 13.0 Å². The Morgan fingerprint density at radius 3 is 2.64 bits per heavy atom. The van der Waals surface area contributed by atoms with Gasteiger partial charge in [0.05, 0.1) is 21.5 Å². The molecular formula is C23H19N3O5S2. The standard InChI is InChI=1S/C23H19N3O5S2/c1-2-30-18-11-15(12-19-21(27)20(22(24)33-19)23-25-9-10-32-23)5-8-17(18)31-13-14-3-6-16(7-4-14)26(28)29/h3-12,20,24H,2,13H2,1H3/b19-12-,24-22?/t20-/m0/s1. The van der Waals surface area contributed by atoms with Gasteiger partial charge in [0.15, 0.2) is 17.3 Å². The summed E-state index contributed by atoms with van der Waals surface area (Å²) in [7, 11) is 0. The Bertz CT molecular complexity index is 1220. The number of nitro benzene ring substituents is 1. The number of ketones is 1. The zero-order valence-electron chi connectivity index (χ0n) is 17.5. The van der Waals surface area contributed by atoms with Crippen LogP contribution in [-0.2, 0) is 11.4 Å².